The highest BCUT2D eigenvalue weighted by molar-refractivity contribution is 6.25. The summed E-state index contributed by atoms with van der Waals surface area (Å²) in [6.45, 7) is 6.44. The Kier molecular flexibility index (Phi) is 5.00. The molecule has 0 bridgehead atoms. The normalized spacial score (nSPS) is 22.1. The Balaban J connectivity index is 2.71. The lowest BCUT2D eigenvalue weighted by atomic mass is 10.0. The first kappa shape index (κ1) is 14.0. The minimum absolute atomic E-state index is 0.0174. The Labute approximate surface area is 107 Å². The van der Waals surface area contributed by atoms with Gasteiger partial charge in [-0.15, -0.1) is 0 Å². The van der Waals surface area contributed by atoms with Gasteiger partial charge in [0.2, 0.25) is 11.8 Å². The smallest absolute Gasteiger partial charge is 0.245 e. The van der Waals surface area contributed by atoms with E-state index in [1.165, 1.54) is 5.54 Å². The molecule has 1 fully saturated rings. The number of carbonyl (C=O) groups excluding carboxylic acids is 2. The van der Waals surface area contributed by atoms with E-state index in [9.17, 15) is 9.59 Å². The molecule has 1 rings (SSSR count). The van der Waals surface area contributed by atoms with Crippen molar-refractivity contribution in [2.75, 3.05) is 13.1 Å². The van der Waals surface area contributed by atoms with Crippen LogP contribution in [-0.2, 0) is 9.59 Å². The number of amides is 2. The maximum Gasteiger partial charge on any atom is 0.245 e. The summed E-state index contributed by atoms with van der Waals surface area (Å²) in [5, 5.41) is 2.74. The quantitative estimate of drug-likeness (QED) is 0.831. The van der Waals surface area contributed by atoms with Crippen LogP contribution in [-0.4, -0.2) is 35.8 Å². The minimum atomic E-state index is -0.389. The van der Waals surface area contributed by atoms with E-state index >= 15 is 0 Å². The number of hydrogen-bond donors (Lipinski definition) is 1. The van der Waals surface area contributed by atoms with Crippen molar-refractivity contribution in [2.45, 2.75) is 33.2 Å². The molecule has 0 aliphatic carbocycles. The molecule has 1 N–H and O–H groups in total. The van der Waals surface area contributed by atoms with Gasteiger partial charge in [-0.05, 0) is 24.8 Å². The van der Waals surface area contributed by atoms with Gasteiger partial charge in [-0.2, -0.15) is 0 Å². The third kappa shape index (κ3) is 4.04. The Hall–Kier alpha value is -1.03. The molecule has 1 heterocycles. The predicted molar refractivity (Wildman–Crippen MR) is 67.6 cm³/mol. The molecular formula is C12H19ClN2O2. The fourth-order valence-corrected chi connectivity index (χ4v) is 1.94. The lowest BCUT2D eigenvalue weighted by molar-refractivity contribution is -0.144. The summed E-state index contributed by atoms with van der Waals surface area (Å²) in [6.07, 6.45) is 0.671. The lowest BCUT2D eigenvalue weighted by Crippen LogP contribution is -2.58. The van der Waals surface area contributed by atoms with Crippen molar-refractivity contribution in [1.82, 2.24) is 10.2 Å². The Morgan fingerprint density at radius 2 is 2.24 bits per heavy atom. The Bertz CT molecular complexity index is 339. The average Bonchev–Trinajstić information content (AvgIpc) is 2.23. The van der Waals surface area contributed by atoms with Crippen molar-refractivity contribution >= 4 is 23.4 Å². The molecule has 5 heteroatoms. The molecule has 4 nitrogen and oxygen atoms in total. The van der Waals surface area contributed by atoms with Crippen LogP contribution in [0.1, 0.15) is 27.2 Å². The number of rotatable bonds is 4. The minimum Gasteiger partial charge on any atom is -0.343 e. The number of carbonyl (C=O) groups is 2. The zero-order chi connectivity index (χ0) is 13.0. The van der Waals surface area contributed by atoms with Crippen LogP contribution in [0.2, 0.25) is 0 Å². The zero-order valence-electron chi connectivity index (χ0n) is 10.5. The summed E-state index contributed by atoms with van der Waals surface area (Å²) in [4.78, 5) is 25.2. The van der Waals surface area contributed by atoms with E-state index < -0.39 is 0 Å². The molecule has 0 aromatic heterocycles. The topological polar surface area (TPSA) is 49.4 Å². The third-order valence-corrected chi connectivity index (χ3v) is 2.99. The predicted octanol–water partition coefficient (Wildman–Crippen LogP) is 1.50. The van der Waals surface area contributed by atoms with Crippen LogP contribution in [0.25, 0.3) is 0 Å². The first-order chi connectivity index (χ1) is 7.93. The first-order valence-corrected chi connectivity index (χ1v) is 6.21. The van der Waals surface area contributed by atoms with E-state index in [2.05, 4.69) is 5.32 Å². The van der Waals surface area contributed by atoms with E-state index in [4.69, 9.17) is 11.6 Å². The average molecular weight is 259 g/mol. The maximum absolute atomic E-state index is 12.1. The molecular weight excluding hydrogens is 240 g/mol. The number of piperazine rings is 1. The largest absolute Gasteiger partial charge is 0.343 e. The third-order valence-electron chi connectivity index (χ3n) is 2.61. The van der Waals surface area contributed by atoms with Crippen molar-refractivity contribution in [1.29, 1.82) is 0 Å². The monoisotopic (exact) mass is 258 g/mol. The molecule has 96 valence electrons. The molecule has 1 aliphatic heterocycles. The summed E-state index contributed by atoms with van der Waals surface area (Å²) >= 11 is 5.58. The standard InChI is InChI=1S/C12H19ClN2O2/c1-8(2)4-10-12(17)15(6-9(3)5-13)7-11(16)14-10/h5,8,10H,4,6-7H2,1-3H3,(H,14,16). The van der Waals surface area contributed by atoms with Crippen LogP contribution in [0.3, 0.4) is 0 Å². The number of nitrogens with one attached hydrogen (secondary N) is 1. The first-order valence-electron chi connectivity index (χ1n) is 5.78. The molecule has 17 heavy (non-hydrogen) atoms. The fraction of sp³-hybridized carbons (Fsp3) is 0.667. The van der Waals surface area contributed by atoms with E-state index in [1.807, 2.05) is 20.8 Å². The van der Waals surface area contributed by atoms with Gasteiger partial charge in [-0.1, -0.05) is 25.4 Å². The van der Waals surface area contributed by atoms with Gasteiger partial charge in [-0.25, -0.2) is 0 Å². The molecule has 0 aromatic rings. The molecule has 1 unspecified atom stereocenters. The highest BCUT2D eigenvalue weighted by Gasteiger charge is 2.32. The number of halogens is 1. The van der Waals surface area contributed by atoms with E-state index in [0.29, 0.717) is 18.9 Å². The van der Waals surface area contributed by atoms with Gasteiger partial charge in [0.05, 0.1) is 6.54 Å². The van der Waals surface area contributed by atoms with Gasteiger partial charge in [0, 0.05) is 12.1 Å². The summed E-state index contributed by atoms with van der Waals surface area (Å²) in [7, 11) is 0. The molecule has 0 aromatic carbocycles. The summed E-state index contributed by atoms with van der Waals surface area (Å²) in [6, 6.07) is -0.389. The van der Waals surface area contributed by atoms with Gasteiger partial charge in [0.1, 0.15) is 6.04 Å². The second kappa shape index (κ2) is 6.05. The highest BCUT2D eigenvalue weighted by Crippen LogP contribution is 2.13. The van der Waals surface area contributed by atoms with Gasteiger partial charge < -0.3 is 10.2 Å². The molecule has 0 spiro atoms. The molecule has 1 aliphatic rings. The Morgan fingerprint density at radius 1 is 1.59 bits per heavy atom. The molecule has 2 amide bonds. The highest BCUT2D eigenvalue weighted by atomic mass is 35.5. The van der Waals surface area contributed by atoms with Gasteiger partial charge >= 0.3 is 0 Å². The van der Waals surface area contributed by atoms with Crippen LogP contribution in [0.4, 0.5) is 0 Å². The van der Waals surface area contributed by atoms with Crippen molar-refractivity contribution in [2.24, 2.45) is 5.92 Å². The van der Waals surface area contributed by atoms with E-state index in [1.54, 1.807) is 4.90 Å². The second-order valence-electron chi connectivity index (χ2n) is 4.90. The van der Waals surface area contributed by atoms with Crippen molar-refractivity contribution in [3.8, 4) is 0 Å². The van der Waals surface area contributed by atoms with Gasteiger partial charge in [-0.3, -0.25) is 9.59 Å². The van der Waals surface area contributed by atoms with Gasteiger partial charge in [0.15, 0.2) is 0 Å². The summed E-state index contributed by atoms with van der Waals surface area (Å²) in [5.74, 6) is 0.252. The van der Waals surface area contributed by atoms with Crippen LogP contribution < -0.4 is 5.32 Å². The molecule has 0 saturated carbocycles. The van der Waals surface area contributed by atoms with Gasteiger partial charge in [0.25, 0.3) is 0 Å². The zero-order valence-corrected chi connectivity index (χ0v) is 11.3. The second-order valence-corrected chi connectivity index (χ2v) is 5.12. The summed E-state index contributed by atoms with van der Waals surface area (Å²) < 4.78 is 0. The van der Waals surface area contributed by atoms with E-state index in [0.717, 1.165) is 5.57 Å². The van der Waals surface area contributed by atoms with Crippen molar-refractivity contribution < 1.29 is 9.59 Å². The van der Waals surface area contributed by atoms with Crippen LogP contribution >= 0.6 is 11.6 Å². The molecule has 0 radical (unpaired) electrons. The van der Waals surface area contributed by atoms with Crippen LogP contribution in [0.5, 0.6) is 0 Å². The number of nitrogens with zero attached hydrogens (tertiary/aromatic N) is 1. The molecule has 1 atom stereocenters. The van der Waals surface area contributed by atoms with Crippen molar-refractivity contribution in [3.05, 3.63) is 11.1 Å². The fourth-order valence-electron chi connectivity index (χ4n) is 1.87. The van der Waals surface area contributed by atoms with Crippen LogP contribution in [0, 0.1) is 5.92 Å². The number of hydrogen-bond acceptors (Lipinski definition) is 2. The molecule has 1 saturated heterocycles. The summed E-state index contributed by atoms with van der Waals surface area (Å²) in [5.41, 5.74) is 2.31. The lowest BCUT2D eigenvalue weighted by Gasteiger charge is -2.33. The van der Waals surface area contributed by atoms with Crippen molar-refractivity contribution in [3.63, 3.8) is 0 Å². The van der Waals surface area contributed by atoms with E-state index in [-0.39, 0.29) is 24.4 Å². The maximum atomic E-state index is 12.1. The van der Waals surface area contributed by atoms with Crippen LogP contribution in [0.15, 0.2) is 11.1 Å². The Morgan fingerprint density at radius 3 is 2.76 bits per heavy atom. The SMILES string of the molecule is CC(=CCl)CN1CC(=O)NC(CC(C)C)C1=O.